The summed E-state index contributed by atoms with van der Waals surface area (Å²) in [7, 11) is 4.09. The molecule has 0 spiro atoms. The van der Waals surface area contributed by atoms with E-state index in [0.29, 0.717) is 11.3 Å². The van der Waals surface area contributed by atoms with Gasteiger partial charge in [0.2, 0.25) is 0 Å². The van der Waals surface area contributed by atoms with Crippen LogP contribution in [0, 0.1) is 0 Å². The van der Waals surface area contributed by atoms with Crippen molar-refractivity contribution in [3.8, 4) is 0 Å². The van der Waals surface area contributed by atoms with Crippen molar-refractivity contribution < 1.29 is 9.21 Å². The number of nitrogens with two attached hydrogens (primary N) is 1. The summed E-state index contributed by atoms with van der Waals surface area (Å²) < 4.78 is 5.61. The Morgan fingerprint density at radius 3 is 2.85 bits per heavy atom. The molecule has 0 atom stereocenters. The summed E-state index contributed by atoms with van der Waals surface area (Å²) in [6.07, 6.45) is 0. The fourth-order valence-corrected chi connectivity index (χ4v) is 3.04. The van der Waals surface area contributed by atoms with Crippen molar-refractivity contribution in [2.75, 3.05) is 26.4 Å². The standard InChI is InChI=1S/C14H19N3O2S/c1-17(2)7-8-20-9-11-10-5-3-4-6-12(10)19-13(11)14(18)16-15/h3-6H,7-9,15H2,1-2H3,(H,16,18). The highest BCUT2D eigenvalue weighted by Crippen LogP contribution is 2.29. The van der Waals surface area contributed by atoms with E-state index in [4.69, 9.17) is 10.3 Å². The van der Waals surface area contributed by atoms with Gasteiger partial charge in [-0.05, 0) is 20.2 Å². The Morgan fingerprint density at radius 2 is 2.15 bits per heavy atom. The molecule has 3 N–H and O–H groups in total. The highest BCUT2D eigenvalue weighted by Gasteiger charge is 2.19. The van der Waals surface area contributed by atoms with Crippen LogP contribution in [0.15, 0.2) is 28.7 Å². The molecule has 0 aliphatic carbocycles. The largest absolute Gasteiger partial charge is 0.451 e. The van der Waals surface area contributed by atoms with Crippen molar-refractivity contribution in [3.05, 3.63) is 35.6 Å². The molecule has 0 radical (unpaired) electrons. The maximum atomic E-state index is 11.8. The number of fused-ring (bicyclic) bond motifs is 1. The first-order valence-corrected chi connectivity index (χ1v) is 7.52. The predicted octanol–water partition coefficient (Wildman–Crippen LogP) is 1.83. The summed E-state index contributed by atoms with van der Waals surface area (Å²) >= 11 is 1.77. The van der Waals surface area contributed by atoms with Crippen LogP contribution in [-0.2, 0) is 5.75 Å². The molecule has 0 aliphatic heterocycles. The smallest absolute Gasteiger partial charge is 0.301 e. The van der Waals surface area contributed by atoms with E-state index >= 15 is 0 Å². The maximum absolute atomic E-state index is 11.8. The number of hydrazine groups is 1. The number of rotatable bonds is 6. The molecule has 5 nitrogen and oxygen atoms in total. The number of para-hydroxylation sites is 1. The Kier molecular flexibility index (Phi) is 5.05. The van der Waals surface area contributed by atoms with Gasteiger partial charge in [0.1, 0.15) is 5.58 Å². The number of amides is 1. The summed E-state index contributed by atoms with van der Waals surface area (Å²) in [5.74, 6) is 6.87. The van der Waals surface area contributed by atoms with Gasteiger partial charge in [0.15, 0.2) is 5.76 Å². The van der Waals surface area contributed by atoms with Crippen LogP contribution in [0.25, 0.3) is 11.0 Å². The minimum absolute atomic E-state index is 0.311. The molecule has 0 unspecified atom stereocenters. The molecule has 0 fully saturated rings. The van der Waals surface area contributed by atoms with E-state index in [1.54, 1.807) is 11.8 Å². The molecule has 1 aromatic heterocycles. The predicted molar refractivity (Wildman–Crippen MR) is 82.6 cm³/mol. The first kappa shape index (κ1) is 14.9. The molecular weight excluding hydrogens is 274 g/mol. The van der Waals surface area contributed by atoms with Gasteiger partial charge in [-0.15, -0.1) is 0 Å². The third-order valence-corrected chi connectivity index (χ3v) is 3.93. The van der Waals surface area contributed by atoms with Gasteiger partial charge in [-0.25, -0.2) is 5.84 Å². The summed E-state index contributed by atoms with van der Waals surface area (Å²) in [4.78, 5) is 13.9. The molecule has 1 amide bonds. The molecule has 1 aromatic carbocycles. The first-order chi connectivity index (χ1) is 9.63. The first-order valence-electron chi connectivity index (χ1n) is 6.37. The van der Waals surface area contributed by atoms with E-state index in [1.807, 2.05) is 38.4 Å². The van der Waals surface area contributed by atoms with E-state index in [2.05, 4.69) is 10.3 Å². The lowest BCUT2D eigenvalue weighted by molar-refractivity contribution is 0.0927. The fourth-order valence-electron chi connectivity index (χ4n) is 1.91. The van der Waals surface area contributed by atoms with Crippen molar-refractivity contribution in [3.63, 3.8) is 0 Å². The second-order valence-corrected chi connectivity index (χ2v) is 5.84. The molecule has 2 rings (SSSR count). The summed E-state index contributed by atoms with van der Waals surface area (Å²) in [6.45, 7) is 0.999. The number of nitrogen functional groups attached to an aromatic ring is 1. The average molecular weight is 293 g/mol. The van der Waals surface area contributed by atoms with Crippen molar-refractivity contribution in [1.82, 2.24) is 10.3 Å². The number of hydrogen-bond acceptors (Lipinski definition) is 5. The summed E-state index contributed by atoms with van der Waals surface area (Å²) in [6, 6.07) is 7.65. The minimum Gasteiger partial charge on any atom is -0.451 e. The van der Waals surface area contributed by atoms with Crippen LogP contribution in [0.3, 0.4) is 0 Å². The lowest BCUT2D eigenvalue weighted by Gasteiger charge is -2.08. The molecule has 2 aromatic rings. The fraction of sp³-hybridized carbons (Fsp3) is 0.357. The summed E-state index contributed by atoms with van der Waals surface area (Å²) in [5.41, 5.74) is 3.77. The van der Waals surface area contributed by atoms with Crippen LogP contribution >= 0.6 is 11.8 Å². The molecule has 20 heavy (non-hydrogen) atoms. The molecule has 0 bridgehead atoms. The number of furan rings is 1. The van der Waals surface area contributed by atoms with Crippen molar-refractivity contribution in [2.45, 2.75) is 5.75 Å². The average Bonchev–Trinajstić information content (AvgIpc) is 2.81. The van der Waals surface area contributed by atoms with Crippen molar-refractivity contribution in [2.24, 2.45) is 5.84 Å². The lowest BCUT2D eigenvalue weighted by atomic mass is 10.1. The van der Waals surface area contributed by atoms with Gasteiger partial charge in [0, 0.05) is 29.0 Å². The minimum atomic E-state index is -0.385. The normalized spacial score (nSPS) is 11.2. The Labute approximate surface area is 122 Å². The van der Waals surface area contributed by atoms with Crippen LogP contribution in [0.2, 0.25) is 0 Å². The maximum Gasteiger partial charge on any atom is 0.301 e. The van der Waals surface area contributed by atoms with Crippen molar-refractivity contribution >= 4 is 28.6 Å². The third-order valence-electron chi connectivity index (χ3n) is 2.96. The molecule has 0 saturated heterocycles. The van der Waals surface area contributed by atoms with Crippen LogP contribution in [0.1, 0.15) is 16.1 Å². The van der Waals surface area contributed by atoms with Gasteiger partial charge < -0.3 is 9.32 Å². The quantitative estimate of drug-likeness (QED) is 0.368. The van der Waals surface area contributed by atoms with Crippen molar-refractivity contribution in [1.29, 1.82) is 0 Å². The zero-order valence-corrected chi connectivity index (χ0v) is 12.5. The third kappa shape index (κ3) is 3.33. The lowest BCUT2D eigenvalue weighted by Crippen LogP contribution is -2.30. The number of carbonyl (C=O) groups is 1. The van der Waals surface area contributed by atoms with Gasteiger partial charge in [-0.1, -0.05) is 18.2 Å². The number of carbonyl (C=O) groups excluding carboxylic acids is 1. The van der Waals surface area contributed by atoms with Crippen LogP contribution in [0.5, 0.6) is 0 Å². The second-order valence-electron chi connectivity index (χ2n) is 4.74. The molecule has 1 heterocycles. The van der Waals surface area contributed by atoms with E-state index in [0.717, 1.165) is 29.0 Å². The van der Waals surface area contributed by atoms with E-state index < -0.39 is 0 Å². The van der Waals surface area contributed by atoms with Gasteiger partial charge >= 0.3 is 5.91 Å². The zero-order valence-electron chi connectivity index (χ0n) is 11.7. The van der Waals surface area contributed by atoms with Crippen LogP contribution in [0.4, 0.5) is 0 Å². The Balaban J connectivity index is 2.22. The molecular formula is C14H19N3O2S. The summed E-state index contributed by atoms with van der Waals surface area (Å²) in [5, 5.41) is 0.975. The zero-order chi connectivity index (χ0) is 14.5. The topological polar surface area (TPSA) is 71.5 Å². The van der Waals surface area contributed by atoms with Crippen LogP contribution < -0.4 is 11.3 Å². The van der Waals surface area contributed by atoms with Gasteiger partial charge in [-0.2, -0.15) is 11.8 Å². The van der Waals surface area contributed by atoms with Crippen LogP contribution in [-0.4, -0.2) is 37.2 Å². The Hall–Kier alpha value is -1.50. The molecule has 0 aliphatic rings. The van der Waals surface area contributed by atoms with E-state index in [-0.39, 0.29) is 5.91 Å². The number of thioether (sulfide) groups is 1. The van der Waals surface area contributed by atoms with Gasteiger partial charge in [-0.3, -0.25) is 10.2 Å². The Morgan fingerprint density at radius 1 is 1.40 bits per heavy atom. The number of nitrogens with one attached hydrogen (secondary N) is 1. The highest BCUT2D eigenvalue weighted by atomic mass is 32.2. The van der Waals surface area contributed by atoms with Gasteiger partial charge in [0.05, 0.1) is 0 Å². The number of nitrogens with zero attached hydrogens (tertiary/aromatic N) is 1. The van der Waals surface area contributed by atoms with E-state index in [9.17, 15) is 4.79 Å². The van der Waals surface area contributed by atoms with Gasteiger partial charge in [0.25, 0.3) is 0 Å². The molecule has 6 heteroatoms. The highest BCUT2D eigenvalue weighted by molar-refractivity contribution is 7.98. The molecule has 0 saturated carbocycles. The van der Waals surface area contributed by atoms with E-state index in [1.165, 1.54) is 0 Å². The number of hydrogen-bond donors (Lipinski definition) is 2. The molecule has 108 valence electrons. The Bertz CT molecular complexity index is 595. The number of benzene rings is 1. The second kappa shape index (κ2) is 6.78. The SMILES string of the molecule is CN(C)CCSCc1c(C(=O)NN)oc2ccccc12. The monoisotopic (exact) mass is 293 g/mol.